The molecule has 100 valence electrons. The Balaban J connectivity index is 2.02. The number of ether oxygens (including phenoxy) is 4. The van der Waals surface area contributed by atoms with E-state index in [0.717, 1.165) is 25.2 Å². The second kappa shape index (κ2) is 6.73. The van der Waals surface area contributed by atoms with E-state index >= 15 is 0 Å². The minimum atomic E-state index is -0.0905. The molecular weight excluding hydrogens is 232 g/mol. The third-order valence-corrected chi connectivity index (χ3v) is 3.18. The fourth-order valence-electron chi connectivity index (χ4n) is 2.21. The van der Waals surface area contributed by atoms with Crippen LogP contribution < -0.4 is 4.74 Å². The number of hydrogen-bond donors (Lipinski definition) is 0. The summed E-state index contributed by atoms with van der Waals surface area (Å²) in [5.41, 5.74) is 1.27. The quantitative estimate of drug-likeness (QED) is 0.755. The average Bonchev–Trinajstić information content (AvgIpc) is 2.45. The van der Waals surface area contributed by atoms with Gasteiger partial charge < -0.3 is 18.9 Å². The Morgan fingerprint density at radius 3 is 3.00 bits per heavy atom. The average molecular weight is 252 g/mol. The fraction of sp³-hybridized carbons (Fsp3) is 0.571. The predicted octanol–water partition coefficient (Wildman–Crippen LogP) is 2.54. The van der Waals surface area contributed by atoms with Crippen LogP contribution in [0.1, 0.15) is 24.3 Å². The second-order valence-corrected chi connectivity index (χ2v) is 4.38. The molecule has 0 radical (unpaired) electrons. The highest BCUT2D eigenvalue weighted by Gasteiger charge is 2.23. The Bertz CT molecular complexity index is 367. The topological polar surface area (TPSA) is 36.9 Å². The van der Waals surface area contributed by atoms with Crippen LogP contribution in [0.4, 0.5) is 0 Å². The van der Waals surface area contributed by atoms with Gasteiger partial charge in [0, 0.05) is 20.6 Å². The van der Waals surface area contributed by atoms with Crippen LogP contribution in [0.25, 0.3) is 0 Å². The Kier molecular flexibility index (Phi) is 4.99. The lowest BCUT2D eigenvalue weighted by atomic mass is 9.91. The largest absolute Gasteiger partial charge is 0.468 e. The Morgan fingerprint density at radius 1 is 1.33 bits per heavy atom. The van der Waals surface area contributed by atoms with Crippen molar-refractivity contribution in [2.24, 2.45) is 0 Å². The molecule has 1 aliphatic rings. The summed E-state index contributed by atoms with van der Waals surface area (Å²) in [5, 5.41) is 0. The summed E-state index contributed by atoms with van der Waals surface area (Å²) in [7, 11) is 3.30. The van der Waals surface area contributed by atoms with Crippen molar-refractivity contribution in [1.29, 1.82) is 0 Å². The Hall–Kier alpha value is -1.10. The molecule has 0 spiro atoms. The molecule has 0 aromatic heterocycles. The molecular formula is C14H20O4. The van der Waals surface area contributed by atoms with Gasteiger partial charge in [0.15, 0.2) is 13.1 Å². The molecule has 1 fully saturated rings. The Labute approximate surface area is 108 Å². The van der Waals surface area contributed by atoms with Gasteiger partial charge in [-0.3, -0.25) is 0 Å². The van der Waals surface area contributed by atoms with Gasteiger partial charge in [0.2, 0.25) is 0 Å². The zero-order valence-corrected chi connectivity index (χ0v) is 10.9. The molecule has 4 heteroatoms. The van der Waals surface area contributed by atoms with Crippen LogP contribution in [-0.2, 0) is 14.2 Å². The first-order chi connectivity index (χ1) is 8.83. The molecule has 2 rings (SSSR count). The third-order valence-electron chi connectivity index (χ3n) is 3.18. The van der Waals surface area contributed by atoms with Gasteiger partial charge in [0.1, 0.15) is 5.75 Å². The molecule has 4 nitrogen and oxygen atoms in total. The summed E-state index contributed by atoms with van der Waals surface area (Å²) in [4.78, 5) is 0. The van der Waals surface area contributed by atoms with Crippen LogP contribution in [0.15, 0.2) is 24.3 Å². The van der Waals surface area contributed by atoms with E-state index < -0.39 is 0 Å². The van der Waals surface area contributed by atoms with Crippen LogP contribution in [0.5, 0.6) is 5.75 Å². The number of methoxy groups -OCH3 is 2. The molecule has 0 aliphatic carbocycles. The molecule has 0 bridgehead atoms. The monoisotopic (exact) mass is 252 g/mol. The van der Waals surface area contributed by atoms with E-state index in [1.807, 2.05) is 12.1 Å². The van der Waals surface area contributed by atoms with Crippen molar-refractivity contribution < 1.29 is 18.9 Å². The molecule has 1 aromatic rings. The van der Waals surface area contributed by atoms with Crippen molar-refractivity contribution in [3.05, 3.63) is 29.8 Å². The Morgan fingerprint density at radius 2 is 2.22 bits per heavy atom. The minimum Gasteiger partial charge on any atom is -0.468 e. The standard InChI is InChI=1S/C14H20O4/c1-15-10-18-13-5-3-4-11(8-13)12-6-7-17-14(9-12)16-2/h3-5,8,12,14H,6-7,9-10H2,1-2H3. The van der Waals surface area contributed by atoms with Crippen LogP contribution in [0.2, 0.25) is 0 Å². The van der Waals surface area contributed by atoms with Crippen molar-refractivity contribution in [2.45, 2.75) is 25.0 Å². The van der Waals surface area contributed by atoms with E-state index in [1.54, 1.807) is 14.2 Å². The highest BCUT2D eigenvalue weighted by Crippen LogP contribution is 2.31. The van der Waals surface area contributed by atoms with Gasteiger partial charge >= 0.3 is 0 Å². The molecule has 0 N–H and O–H groups in total. The van der Waals surface area contributed by atoms with E-state index in [2.05, 4.69) is 12.1 Å². The maximum absolute atomic E-state index is 5.50. The van der Waals surface area contributed by atoms with E-state index in [4.69, 9.17) is 18.9 Å². The number of benzene rings is 1. The summed E-state index contributed by atoms with van der Waals surface area (Å²) < 4.78 is 21.1. The molecule has 0 saturated carbocycles. The molecule has 18 heavy (non-hydrogen) atoms. The van der Waals surface area contributed by atoms with Gasteiger partial charge in [-0.1, -0.05) is 12.1 Å². The van der Waals surface area contributed by atoms with Crippen LogP contribution in [-0.4, -0.2) is 33.9 Å². The first-order valence-electron chi connectivity index (χ1n) is 6.19. The zero-order chi connectivity index (χ0) is 12.8. The van der Waals surface area contributed by atoms with E-state index in [9.17, 15) is 0 Å². The van der Waals surface area contributed by atoms with Crippen molar-refractivity contribution in [3.8, 4) is 5.75 Å². The van der Waals surface area contributed by atoms with Gasteiger partial charge in [0.05, 0.1) is 6.61 Å². The lowest BCUT2D eigenvalue weighted by molar-refractivity contribution is -0.150. The van der Waals surface area contributed by atoms with Gasteiger partial charge in [0.25, 0.3) is 0 Å². The molecule has 1 saturated heterocycles. The van der Waals surface area contributed by atoms with Crippen LogP contribution in [0.3, 0.4) is 0 Å². The molecule has 2 atom stereocenters. The van der Waals surface area contributed by atoms with Gasteiger partial charge in [-0.2, -0.15) is 0 Å². The minimum absolute atomic E-state index is 0.0905. The highest BCUT2D eigenvalue weighted by atomic mass is 16.7. The third kappa shape index (κ3) is 3.45. The molecule has 1 aliphatic heterocycles. The maximum Gasteiger partial charge on any atom is 0.188 e. The van der Waals surface area contributed by atoms with Gasteiger partial charge in [-0.25, -0.2) is 0 Å². The maximum atomic E-state index is 5.50. The lowest BCUT2D eigenvalue weighted by Gasteiger charge is -2.28. The molecule has 1 aromatic carbocycles. The summed E-state index contributed by atoms with van der Waals surface area (Å²) >= 11 is 0. The fourth-order valence-corrected chi connectivity index (χ4v) is 2.21. The summed E-state index contributed by atoms with van der Waals surface area (Å²) in [6.07, 6.45) is 1.82. The predicted molar refractivity (Wildman–Crippen MR) is 67.7 cm³/mol. The summed E-state index contributed by atoms with van der Waals surface area (Å²) in [6, 6.07) is 8.15. The highest BCUT2D eigenvalue weighted by molar-refractivity contribution is 5.31. The molecule has 1 heterocycles. The SMILES string of the molecule is COCOc1cccc(C2CCOC(OC)C2)c1. The molecule has 0 amide bonds. The first kappa shape index (κ1) is 13.3. The smallest absolute Gasteiger partial charge is 0.188 e. The lowest BCUT2D eigenvalue weighted by Crippen LogP contribution is -2.25. The van der Waals surface area contributed by atoms with Crippen molar-refractivity contribution >= 4 is 0 Å². The second-order valence-electron chi connectivity index (χ2n) is 4.38. The van der Waals surface area contributed by atoms with E-state index in [-0.39, 0.29) is 13.1 Å². The van der Waals surface area contributed by atoms with Crippen molar-refractivity contribution in [3.63, 3.8) is 0 Å². The van der Waals surface area contributed by atoms with E-state index in [0.29, 0.717) is 5.92 Å². The van der Waals surface area contributed by atoms with Gasteiger partial charge in [-0.05, 0) is 30.0 Å². The number of hydrogen-bond acceptors (Lipinski definition) is 4. The number of rotatable bonds is 5. The molecule has 2 unspecified atom stereocenters. The normalized spacial score (nSPS) is 23.9. The summed E-state index contributed by atoms with van der Waals surface area (Å²) in [6.45, 7) is 1.02. The van der Waals surface area contributed by atoms with Crippen LogP contribution in [0, 0.1) is 0 Å². The first-order valence-corrected chi connectivity index (χ1v) is 6.19. The van der Waals surface area contributed by atoms with Crippen molar-refractivity contribution in [2.75, 3.05) is 27.6 Å². The summed E-state index contributed by atoms with van der Waals surface area (Å²) in [5.74, 6) is 1.31. The van der Waals surface area contributed by atoms with Crippen LogP contribution >= 0.6 is 0 Å². The van der Waals surface area contributed by atoms with Gasteiger partial charge in [-0.15, -0.1) is 0 Å². The zero-order valence-electron chi connectivity index (χ0n) is 10.9. The van der Waals surface area contributed by atoms with E-state index in [1.165, 1.54) is 5.56 Å². The van der Waals surface area contributed by atoms with Crippen molar-refractivity contribution in [1.82, 2.24) is 0 Å².